The van der Waals surface area contributed by atoms with Gasteiger partial charge in [-0.2, -0.15) is 8.42 Å². The standard InChI is InChI=1S/C18H17BrO3S/c1-13-2-8-18(9-3-13)23(20,21)22-17-11-15(12-17)10-14-4-6-16(19)7-5-14/h2-10,17H,11-12H2,1H3. The van der Waals surface area contributed by atoms with E-state index < -0.39 is 10.1 Å². The van der Waals surface area contributed by atoms with Gasteiger partial charge in [0.15, 0.2) is 0 Å². The Balaban J connectivity index is 1.61. The van der Waals surface area contributed by atoms with Gasteiger partial charge in [-0.3, -0.25) is 4.18 Å². The molecule has 0 aromatic heterocycles. The van der Waals surface area contributed by atoms with E-state index in [1.165, 1.54) is 5.57 Å². The quantitative estimate of drug-likeness (QED) is 0.707. The lowest BCUT2D eigenvalue weighted by molar-refractivity contribution is 0.171. The number of aryl methyl sites for hydroxylation is 1. The van der Waals surface area contributed by atoms with E-state index in [4.69, 9.17) is 4.18 Å². The maximum Gasteiger partial charge on any atom is 0.297 e. The number of hydrogen-bond donors (Lipinski definition) is 0. The largest absolute Gasteiger partial charge is 0.297 e. The molecule has 3 rings (SSSR count). The van der Waals surface area contributed by atoms with Crippen LogP contribution in [0.25, 0.3) is 6.08 Å². The van der Waals surface area contributed by atoms with Gasteiger partial charge in [-0.05, 0) is 49.6 Å². The van der Waals surface area contributed by atoms with E-state index in [0.29, 0.717) is 12.8 Å². The predicted molar refractivity (Wildman–Crippen MR) is 94.6 cm³/mol. The van der Waals surface area contributed by atoms with Crippen molar-refractivity contribution in [3.05, 3.63) is 69.7 Å². The molecule has 5 heteroatoms. The lowest BCUT2D eigenvalue weighted by atomic mass is 9.87. The van der Waals surface area contributed by atoms with Gasteiger partial charge in [-0.1, -0.05) is 57.4 Å². The Morgan fingerprint density at radius 1 is 1.04 bits per heavy atom. The molecule has 2 aromatic rings. The molecule has 0 bridgehead atoms. The lowest BCUT2D eigenvalue weighted by Crippen LogP contribution is -2.27. The van der Waals surface area contributed by atoms with Gasteiger partial charge in [0.1, 0.15) is 0 Å². The van der Waals surface area contributed by atoms with E-state index >= 15 is 0 Å². The van der Waals surface area contributed by atoms with Crippen LogP contribution in [0, 0.1) is 6.92 Å². The number of halogens is 1. The fourth-order valence-electron chi connectivity index (χ4n) is 2.45. The summed E-state index contributed by atoms with van der Waals surface area (Å²) in [6.45, 7) is 1.92. The van der Waals surface area contributed by atoms with E-state index in [2.05, 4.69) is 22.0 Å². The highest BCUT2D eigenvalue weighted by molar-refractivity contribution is 9.10. The molecular formula is C18H17BrO3S. The van der Waals surface area contributed by atoms with Crippen LogP contribution in [0.4, 0.5) is 0 Å². The summed E-state index contributed by atoms with van der Waals surface area (Å²) in [5.41, 5.74) is 3.34. The second-order valence-corrected chi connectivity index (χ2v) is 8.24. The third-order valence-corrected chi connectivity index (χ3v) is 5.70. The minimum atomic E-state index is -3.67. The normalized spacial score (nSPS) is 17.7. The van der Waals surface area contributed by atoms with Crippen molar-refractivity contribution in [3.8, 4) is 0 Å². The van der Waals surface area contributed by atoms with Gasteiger partial charge in [0.2, 0.25) is 0 Å². The SMILES string of the molecule is Cc1ccc(S(=O)(=O)OC2CC(=Cc3ccc(Br)cc3)C2)cc1. The van der Waals surface area contributed by atoms with Crippen molar-refractivity contribution in [2.75, 3.05) is 0 Å². The van der Waals surface area contributed by atoms with Crippen LogP contribution in [-0.2, 0) is 14.3 Å². The first kappa shape index (κ1) is 16.4. The van der Waals surface area contributed by atoms with Crippen molar-refractivity contribution in [2.45, 2.75) is 30.8 Å². The van der Waals surface area contributed by atoms with E-state index in [1.54, 1.807) is 24.3 Å². The maximum atomic E-state index is 12.2. The zero-order chi connectivity index (χ0) is 16.4. The van der Waals surface area contributed by atoms with Crippen molar-refractivity contribution < 1.29 is 12.6 Å². The molecule has 0 unspecified atom stereocenters. The monoisotopic (exact) mass is 392 g/mol. The van der Waals surface area contributed by atoms with Crippen molar-refractivity contribution in [2.24, 2.45) is 0 Å². The molecule has 1 fully saturated rings. The Morgan fingerprint density at radius 2 is 1.65 bits per heavy atom. The van der Waals surface area contributed by atoms with Crippen LogP contribution in [0.1, 0.15) is 24.0 Å². The Hall–Kier alpha value is -1.43. The topological polar surface area (TPSA) is 43.4 Å². The minimum absolute atomic E-state index is 0.216. The Kier molecular flexibility index (Phi) is 4.71. The van der Waals surface area contributed by atoms with Gasteiger partial charge in [0, 0.05) is 4.47 Å². The molecule has 1 aliphatic carbocycles. The van der Waals surface area contributed by atoms with E-state index in [9.17, 15) is 8.42 Å². The minimum Gasteiger partial charge on any atom is -0.262 e. The van der Waals surface area contributed by atoms with E-state index in [-0.39, 0.29) is 11.0 Å². The highest BCUT2D eigenvalue weighted by atomic mass is 79.9. The summed E-state index contributed by atoms with van der Waals surface area (Å²) in [4.78, 5) is 0.216. The van der Waals surface area contributed by atoms with E-state index in [0.717, 1.165) is 15.6 Å². The van der Waals surface area contributed by atoms with Crippen molar-refractivity contribution >= 4 is 32.1 Å². The highest BCUT2D eigenvalue weighted by Crippen LogP contribution is 2.33. The summed E-state index contributed by atoms with van der Waals surface area (Å²) in [5, 5.41) is 0. The third kappa shape index (κ3) is 4.10. The second kappa shape index (κ2) is 6.59. The zero-order valence-corrected chi connectivity index (χ0v) is 15.1. The van der Waals surface area contributed by atoms with Crippen LogP contribution in [0.3, 0.4) is 0 Å². The molecule has 1 aliphatic rings. The molecule has 23 heavy (non-hydrogen) atoms. The molecule has 0 saturated heterocycles. The molecule has 1 saturated carbocycles. The summed E-state index contributed by atoms with van der Waals surface area (Å²) in [6, 6.07) is 14.7. The van der Waals surface area contributed by atoms with Gasteiger partial charge in [0.25, 0.3) is 10.1 Å². The summed E-state index contributed by atoms with van der Waals surface area (Å²) in [6.07, 6.45) is 3.13. The maximum absolute atomic E-state index is 12.2. The summed E-state index contributed by atoms with van der Waals surface area (Å²) in [5.74, 6) is 0. The van der Waals surface area contributed by atoms with Crippen LogP contribution >= 0.6 is 15.9 Å². The number of rotatable bonds is 4. The van der Waals surface area contributed by atoms with Crippen LogP contribution in [-0.4, -0.2) is 14.5 Å². The van der Waals surface area contributed by atoms with Crippen LogP contribution < -0.4 is 0 Å². The van der Waals surface area contributed by atoms with Crippen molar-refractivity contribution in [1.29, 1.82) is 0 Å². The fraction of sp³-hybridized carbons (Fsp3) is 0.222. The summed E-state index contributed by atoms with van der Waals surface area (Å²) in [7, 11) is -3.67. The van der Waals surface area contributed by atoms with Gasteiger partial charge >= 0.3 is 0 Å². The molecule has 3 nitrogen and oxygen atoms in total. The first-order valence-corrected chi connectivity index (χ1v) is 9.57. The molecular weight excluding hydrogens is 376 g/mol. The Bertz CT molecular complexity index is 814. The fourth-order valence-corrected chi connectivity index (χ4v) is 3.78. The molecule has 0 amide bonds. The molecule has 0 spiro atoms. The zero-order valence-electron chi connectivity index (χ0n) is 12.7. The Morgan fingerprint density at radius 3 is 2.26 bits per heavy atom. The van der Waals surface area contributed by atoms with Crippen LogP contribution in [0.2, 0.25) is 0 Å². The number of benzene rings is 2. The molecule has 0 N–H and O–H groups in total. The first-order valence-electron chi connectivity index (χ1n) is 7.37. The smallest absolute Gasteiger partial charge is 0.262 e. The van der Waals surface area contributed by atoms with E-state index in [1.807, 2.05) is 31.2 Å². The molecule has 0 radical (unpaired) electrons. The third-order valence-electron chi connectivity index (χ3n) is 3.79. The van der Waals surface area contributed by atoms with Crippen molar-refractivity contribution in [1.82, 2.24) is 0 Å². The predicted octanol–water partition coefficient (Wildman–Crippen LogP) is 4.71. The molecule has 0 heterocycles. The highest BCUT2D eigenvalue weighted by Gasteiger charge is 2.29. The summed E-state index contributed by atoms with van der Waals surface area (Å²) >= 11 is 3.40. The van der Waals surface area contributed by atoms with Gasteiger partial charge in [-0.15, -0.1) is 0 Å². The lowest BCUT2D eigenvalue weighted by Gasteiger charge is -2.28. The van der Waals surface area contributed by atoms with Crippen molar-refractivity contribution in [3.63, 3.8) is 0 Å². The van der Waals surface area contributed by atoms with Gasteiger partial charge in [0.05, 0.1) is 11.0 Å². The van der Waals surface area contributed by atoms with Crippen LogP contribution in [0.5, 0.6) is 0 Å². The number of hydrogen-bond acceptors (Lipinski definition) is 3. The Labute approximate surface area is 145 Å². The molecule has 0 aliphatic heterocycles. The average Bonchev–Trinajstić information content (AvgIpc) is 2.47. The summed E-state index contributed by atoms with van der Waals surface area (Å²) < 4.78 is 30.8. The molecule has 2 aromatic carbocycles. The van der Waals surface area contributed by atoms with Crippen LogP contribution in [0.15, 0.2) is 63.5 Å². The second-order valence-electron chi connectivity index (χ2n) is 5.75. The first-order chi connectivity index (χ1) is 10.9. The molecule has 120 valence electrons. The molecule has 0 atom stereocenters. The van der Waals surface area contributed by atoms with Gasteiger partial charge < -0.3 is 0 Å². The van der Waals surface area contributed by atoms with Gasteiger partial charge in [-0.25, -0.2) is 0 Å². The average molecular weight is 393 g/mol.